The number of hydrogen-bond donors (Lipinski definition) is 1. The molecule has 1 fully saturated rings. The van der Waals surface area contributed by atoms with Crippen LogP contribution in [0.4, 0.5) is 4.79 Å². The van der Waals surface area contributed by atoms with Crippen molar-refractivity contribution in [2.24, 2.45) is 0 Å². The number of carbonyl (C=O) groups is 1. The van der Waals surface area contributed by atoms with Gasteiger partial charge in [-0.15, -0.1) is 0 Å². The first-order chi connectivity index (χ1) is 10.8. The highest BCUT2D eigenvalue weighted by atomic mass is 16.7. The molecule has 0 saturated carbocycles. The third kappa shape index (κ3) is 2.05. The Kier molecular flexibility index (Phi) is 2.93. The number of aromatic nitrogens is 1. The number of rotatable bonds is 2. The molecule has 22 heavy (non-hydrogen) atoms. The van der Waals surface area contributed by atoms with E-state index in [2.05, 4.69) is 10.5 Å². The molecule has 4 rings (SSSR count). The highest BCUT2D eigenvalue weighted by molar-refractivity contribution is 5.75. The fourth-order valence-corrected chi connectivity index (χ4v) is 2.60. The molecule has 0 bridgehead atoms. The zero-order valence-electron chi connectivity index (χ0n) is 11.6. The lowest BCUT2D eigenvalue weighted by Gasteiger charge is -2.27. The van der Waals surface area contributed by atoms with Gasteiger partial charge in [0.15, 0.2) is 5.75 Å². The molecule has 1 amide bonds. The van der Waals surface area contributed by atoms with Crippen molar-refractivity contribution >= 4 is 12.2 Å². The number of carbonyl (C=O) groups excluding carboxylic acids is 1. The molecule has 110 valence electrons. The summed E-state index contributed by atoms with van der Waals surface area (Å²) in [5, 5.41) is 0. The number of amides is 1. The Hall–Kier alpha value is -3.02. The van der Waals surface area contributed by atoms with Crippen LogP contribution in [-0.4, -0.2) is 22.6 Å². The Labute approximate surface area is 126 Å². The van der Waals surface area contributed by atoms with Crippen molar-refractivity contribution in [1.29, 1.82) is 0 Å². The summed E-state index contributed by atoms with van der Waals surface area (Å²) in [6.45, 7) is 0.283. The zero-order chi connectivity index (χ0) is 14.9. The molecule has 2 aliphatic heterocycles. The van der Waals surface area contributed by atoms with Crippen LogP contribution < -0.4 is 10.3 Å². The Morgan fingerprint density at radius 1 is 1.23 bits per heavy atom. The van der Waals surface area contributed by atoms with Gasteiger partial charge in [-0.3, -0.25) is 4.98 Å². The molecule has 0 aliphatic carbocycles. The van der Waals surface area contributed by atoms with Crippen molar-refractivity contribution in [2.45, 2.75) is 6.04 Å². The molecule has 1 atom stereocenters. The van der Waals surface area contributed by atoms with Gasteiger partial charge in [0.1, 0.15) is 18.5 Å². The molecule has 1 saturated heterocycles. The number of nitrogens with one attached hydrogen (secondary N) is 1. The first kappa shape index (κ1) is 12.7. The van der Waals surface area contributed by atoms with Gasteiger partial charge in [0.05, 0.1) is 0 Å². The van der Waals surface area contributed by atoms with Crippen LogP contribution in [0.3, 0.4) is 0 Å². The quantitative estimate of drug-likeness (QED) is 0.922. The maximum absolute atomic E-state index is 12.1. The standard InChI is InChI=1S/C16H13N3O3/c20-16-19(13(10-21-16)12-5-3-7-17-9-12)15-8-11-4-1-2-6-14(11)22-18-15/h1-9,13,18H,10H2. The number of nitrogens with zero attached hydrogens (tertiary/aromatic N) is 2. The first-order valence-electron chi connectivity index (χ1n) is 6.92. The molecule has 0 radical (unpaired) electrons. The number of ether oxygens (including phenoxy) is 1. The summed E-state index contributed by atoms with van der Waals surface area (Å²) in [4.78, 5) is 23.3. The molecule has 1 N–H and O–H groups in total. The van der Waals surface area contributed by atoms with Crippen LogP contribution in [0, 0.1) is 0 Å². The van der Waals surface area contributed by atoms with Gasteiger partial charge < -0.3 is 9.57 Å². The lowest BCUT2D eigenvalue weighted by atomic mass is 10.1. The summed E-state index contributed by atoms with van der Waals surface area (Å²) >= 11 is 0. The van der Waals surface area contributed by atoms with Gasteiger partial charge in [-0.05, 0) is 23.8 Å². The van der Waals surface area contributed by atoms with Crippen molar-refractivity contribution in [3.8, 4) is 5.75 Å². The summed E-state index contributed by atoms with van der Waals surface area (Å²) in [6, 6.07) is 11.1. The molecule has 2 aromatic rings. The predicted octanol–water partition coefficient (Wildman–Crippen LogP) is 2.47. The highest BCUT2D eigenvalue weighted by Crippen LogP contribution is 2.33. The number of benzene rings is 1. The van der Waals surface area contributed by atoms with Crippen molar-refractivity contribution in [1.82, 2.24) is 15.4 Å². The van der Waals surface area contributed by atoms with Crippen LogP contribution >= 0.6 is 0 Å². The summed E-state index contributed by atoms with van der Waals surface area (Å²) < 4.78 is 5.20. The Balaban J connectivity index is 1.71. The van der Waals surface area contributed by atoms with Crippen molar-refractivity contribution in [3.05, 3.63) is 65.7 Å². The summed E-state index contributed by atoms with van der Waals surface area (Å²) in [5.41, 5.74) is 4.63. The highest BCUT2D eigenvalue weighted by Gasteiger charge is 2.38. The molecule has 2 aliphatic rings. The van der Waals surface area contributed by atoms with Crippen LogP contribution in [0.1, 0.15) is 17.2 Å². The number of hydrogen-bond acceptors (Lipinski definition) is 5. The average Bonchev–Trinajstić information content (AvgIpc) is 2.97. The molecule has 6 nitrogen and oxygen atoms in total. The van der Waals surface area contributed by atoms with Crippen LogP contribution in [-0.2, 0) is 4.74 Å². The van der Waals surface area contributed by atoms with E-state index >= 15 is 0 Å². The molecule has 1 aromatic heterocycles. The van der Waals surface area contributed by atoms with Gasteiger partial charge in [0.2, 0.25) is 0 Å². The fourth-order valence-electron chi connectivity index (χ4n) is 2.60. The lowest BCUT2D eigenvalue weighted by molar-refractivity contribution is 0.146. The monoisotopic (exact) mass is 295 g/mol. The van der Waals surface area contributed by atoms with E-state index in [1.165, 1.54) is 0 Å². The second kappa shape index (κ2) is 5.07. The van der Waals surface area contributed by atoms with Crippen molar-refractivity contribution < 1.29 is 14.4 Å². The van der Waals surface area contributed by atoms with Crippen molar-refractivity contribution in [2.75, 3.05) is 6.61 Å². The third-order valence-electron chi connectivity index (χ3n) is 3.68. The SMILES string of the molecule is O=C1OCC(c2cccnc2)N1C1=Cc2ccccc2ON1. The average molecular weight is 295 g/mol. The minimum atomic E-state index is -0.407. The molecule has 1 unspecified atom stereocenters. The smallest absolute Gasteiger partial charge is 0.416 e. The molecule has 3 heterocycles. The molecular weight excluding hydrogens is 282 g/mol. The van der Waals surface area contributed by atoms with E-state index in [1.807, 2.05) is 42.5 Å². The molecule has 0 spiro atoms. The summed E-state index contributed by atoms with van der Waals surface area (Å²) in [6.07, 6.45) is 4.89. The van der Waals surface area contributed by atoms with Gasteiger partial charge in [-0.1, -0.05) is 24.3 Å². The third-order valence-corrected chi connectivity index (χ3v) is 3.68. The maximum atomic E-state index is 12.1. The Morgan fingerprint density at radius 3 is 3.00 bits per heavy atom. The number of hydroxylamine groups is 1. The van der Waals surface area contributed by atoms with E-state index < -0.39 is 6.09 Å². The second-order valence-electron chi connectivity index (χ2n) is 5.02. The normalized spacial score (nSPS) is 19.6. The van der Waals surface area contributed by atoms with Crippen LogP contribution in [0.25, 0.3) is 6.08 Å². The maximum Gasteiger partial charge on any atom is 0.416 e. The van der Waals surface area contributed by atoms with Crippen LogP contribution in [0.5, 0.6) is 5.75 Å². The summed E-state index contributed by atoms with van der Waals surface area (Å²) in [5.74, 6) is 1.27. The Morgan fingerprint density at radius 2 is 2.14 bits per heavy atom. The molecular formula is C16H13N3O3. The first-order valence-corrected chi connectivity index (χ1v) is 6.92. The van der Waals surface area contributed by atoms with E-state index in [-0.39, 0.29) is 12.6 Å². The molecule has 6 heteroatoms. The van der Waals surface area contributed by atoms with Crippen LogP contribution in [0.15, 0.2) is 54.6 Å². The predicted molar refractivity (Wildman–Crippen MR) is 78.3 cm³/mol. The number of cyclic esters (lactones) is 1. The van der Waals surface area contributed by atoms with E-state index in [0.717, 1.165) is 16.9 Å². The number of fused-ring (bicyclic) bond motifs is 1. The fraction of sp³-hybridized carbons (Fsp3) is 0.125. The molecule has 1 aromatic carbocycles. The van der Waals surface area contributed by atoms with Gasteiger partial charge in [0, 0.05) is 18.0 Å². The minimum Gasteiger partial charge on any atom is -0.447 e. The Bertz CT molecular complexity index is 745. The topological polar surface area (TPSA) is 63.7 Å². The lowest BCUT2D eigenvalue weighted by Crippen LogP contribution is -2.37. The van der Waals surface area contributed by atoms with Crippen LogP contribution in [0.2, 0.25) is 0 Å². The van der Waals surface area contributed by atoms with Gasteiger partial charge >= 0.3 is 6.09 Å². The van der Waals surface area contributed by atoms with Gasteiger partial charge in [-0.2, -0.15) is 0 Å². The van der Waals surface area contributed by atoms with E-state index in [4.69, 9.17) is 9.57 Å². The zero-order valence-corrected chi connectivity index (χ0v) is 11.6. The van der Waals surface area contributed by atoms with Gasteiger partial charge in [-0.25, -0.2) is 15.2 Å². The van der Waals surface area contributed by atoms with E-state index in [0.29, 0.717) is 5.82 Å². The van der Waals surface area contributed by atoms with Gasteiger partial charge in [0.25, 0.3) is 0 Å². The minimum absolute atomic E-state index is 0.228. The number of para-hydroxylation sites is 1. The number of pyridine rings is 1. The van der Waals surface area contributed by atoms with E-state index in [1.54, 1.807) is 17.3 Å². The van der Waals surface area contributed by atoms with E-state index in [9.17, 15) is 4.79 Å². The largest absolute Gasteiger partial charge is 0.447 e. The van der Waals surface area contributed by atoms with Crippen molar-refractivity contribution in [3.63, 3.8) is 0 Å². The second-order valence-corrected chi connectivity index (χ2v) is 5.02. The summed E-state index contributed by atoms with van der Waals surface area (Å²) in [7, 11) is 0.